The molecule has 2 aromatic rings. The SMILES string of the molecule is CCc1nc(C(N)=O)c(Nc2ccnc(CCNC(=O)CN(C)C(=O)/C=C/CN(C)C)c2)nc1N(C)C(C)C. The van der Waals surface area contributed by atoms with Gasteiger partial charge in [-0.2, -0.15) is 0 Å². The van der Waals surface area contributed by atoms with Gasteiger partial charge >= 0.3 is 0 Å². The standard InChI is InChI=1S/C27H41N9O3/c1-8-21-27(36(7)18(2)3)33-26(24(32-21)25(28)39)31-20-12-13-29-19(16-20)11-14-30-22(37)17-35(6)23(38)10-9-15-34(4)5/h9-10,12-13,16,18H,8,11,14-15,17H2,1-7H3,(H2,28,39)(H,30,37)(H,29,31,33)/b10-9+. The van der Waals surface area contributed by atoms with Crippen LogP contribution in [0, 0.1) is 0 Å². The lowest BCUT2D eigenvalue weighted by atomic mass is 10.2. The number of nitrogens with two attached hydrogens (primary N) is 1. The summed E-state index contributed by atoms with van der Waals surface area (Å²) in [7, 11) is 7.32. The van der Waals surface area contributed by atoms with Gasteiger partial charge in [0, 0.05) is 63.3 Å². The molecular formula is C27H41N9O3. The summed E-state index contributed by atoms with van der Waals surface area (Å²) < 4.78 is 0. The number of aromatic nitrogens is 3. The average Bonchev–Trinajstić information content (AvgIpc) is 2.87. The van der Waals surface area contributed by atoms with Gasteiger partial charge in [-0.25, -0.2) is 9.97 Å². The summed E-state index contributed by atoms with van der Waals surface area (Å²) >= 11 is 0. The van der Waals surface area contributed by atoms with Crippen molar-refractivity contribution in [3.05, 3.63) is 47.6 Å². The Bertz CT molecular complexity index is 1180. The molecule has 0 unspecified atom stereocenters. The molecular weight excluding hydrogens is 498 g/mol. The van der Waals surface area contributed by atoms with Gasteiger partial charge < -0.3 is 31.1 Å². The number of nitrogens with one attached hydrogen (secondary N) is 2. The zero-order chi connectivity index (χ0) is 29.1. The monoisotopic (exact) mass is 539 g/mol. The number of primary amides is 1. The maximum Gasteiger partial charge on any atom is 0.271 e. The molecule has 0 bridgehead atoms. The van der Waals surface area contributed by atoms with Crippen LogP contribution in [0.5, 0.6) is 0 Å². The number of hydrogen-bond donors (Lipinski definition) is 3. The van der Waals surface area contributed by atoms with Crippen molar-refractivity contribution in [2.75, 3.05) is 58.0 Å². The van der Waals surface area contributed by atoms with Gasteiger partial charge in [0.1, 0.15) is 0 Å². The highest BCUT2D eigenvalue weighted by atomic mass is 16.2. The Kier molecular flexibility index (Phi) is 11.8. The highest BCUT2D eigenvalue weighted by Crippen LogP contribution is 2.25. The van der Waals surface area contributed by atoms with Crippen LogP contribution in [-0.4, -0.2) is 96.3 Å². The van der Waals surface area contributed by atoms with Gasteiger partial charge in [0.25, 0.3) is 5.91 Å². The van der Waals surface area contributed by atoms with Crippen molar-refractivity contribution in [1.82, 2.24) is 30.1 Å². The number of nitrogens with zero attached hydrogens (tertiary/aromatic N) is 6. The summed E-state index contributed by atoms with van der Waals surface area (Å²) in [6, 6.07) is 3.74. The van der Waals surface area contributed by atoms with E-state index in [1.54, 1.807) is 25.4 Å². The van der Waals surface area contributed by atoms with E-state index in [4.69, 9.17) is 10.7 Å². The van der Waals surface area contributed by atoms with Crippen LogP contribution in [0.4, 0.5) is 17.3 Å². The van der Waals surface area contributed by atoms with Gasteiger partial charge in [0.05, 0.1) is 12.2 Å². The molecule has 12 nitrogen and oxygen atoms in total. The van der Waals surface area contributed by atoms with Crippen LogP contribution in [0.25, 0.3) is 0 Å². The summed E-state index contributed by atoms with van der Waals surface area (Å²) in [6.45, 7) is 6.98. The Balaban J connectivity index is 2.05. The first kappa shape index (κ1) is 31.2. The molecule has 0 aliphatic carbocycles. The third-order valence-electron chi connectivity index (χ3n) is 5.89. The zero-order valence-corrected chi connectivity index (χ0v) is 24.0. The third kappa shape index (κ3) is 9.64. The Hall–Kier alpha value is -4.06. The molecule has 0 saturated heterocycles. The zero-order valence-electron chi connectivity index (χ0n) is 24.0. The summed E-state index contributed by atoms with van der Waals surface area (Å²) in [6.07, 6.45) is 5.91. The summed E-state index contributed by atoms with van der Waals surface area (Å²) in [5.74, 6) is -0.235. The molecule has 212 valence electrons. The fraction of sp³-hybridized carbons (Fsp3) is 0.481. The number of pyridine rings is 1. The largest absolute Gasteiger partial charge is 0.364 e. The number of rotatable bonds is 14. The minimum atomic E-state index is -0.674. The Morgan fingerprint density at radius 2 is 1.85 bits per heavy atom. The molecule has 0 spiro atoms. The van der Waals surface area contributed by atoms with Gasteiger partial charge in [-0.1, -0.05) is 13.0 Å². The number of hydrogen-bond acceptors (Lipinski definition) is 9. The van der Waals surface area contributed by atoms with Crippen molar-refractivity contribution in [1.29, 1.82) is 0 Å². The minimum Gasteiger partial charge on any atom is -0.364 e. The van der Waals surface area contributed by atoms with E-state index in [9.17, 15) is 14.4 Å². The second-order valence-electron chi connectivity index (χ2n) is 9.73. The highest BCUT2D eigenvalue weighted by Gasteiger charge is 2.20. The minimum absolute atomic E-state index is 0.0460. The number of anilines is 3. The maximum absolute atomic E-state index is 12.3. The molecule has 4 N–H and O–H groups in total. The van der Waals surface area contributed by atoms with E-state index in [0.29, 0.717) is 43.1 Å². The molecule has 3 amide bonds. The van der Waals surface area contributed by atoms with Gasteiger partial charge in [-0.3, -0.25) is 19.4 Å². The van der Waals surface area contributed by atoms with Gasteiger partial charge in [0.2, 0.25) is 11.8 Å². The van der Waals surface area contributed by atoms with E-state index >= 15 is 0 Å². The summed E-state index contributed by atoms with van der Waals surface area (Å²) in [5.41, 5.74) is 7.74. The van der Waals surface area contributed by atoms with Gasteiger partial charge in [0.15, 0.2) is 17.3 Å². The molecule has 0 saturated carbocycles. The number of likely N-dealkylation sites (N-methyl/N-ethyl adjacent to an activating group) is 2. The van der Waals surface area contributed by atoms with Crippen molar-refractivity contribution < 1.29 is 14.4 Å². The van der Waals surface area contributed by atoms with E-state index in [0.717, 1.165) is 5.69 Å². The quantitative estimate of drug-likeness (QED) is 0.302. The topological polar surface area (TPSA) is 150 Å². The maximum atomic E-state index is 12.3. The van der Waals surface area contributed by atoms with Crippen LogP contribution in [0.15, 0.2) is 30.5 Å². The molecule has 0 aliphatic rings. The second kappa shape index (κ2) is 14.8. The second-order valence-corrected chi connectivity index (χ2v) is 9.73. The van der Waals surface area contributed by atoms with Gasteiger partial charge in [-0.15, -0.1) is 0 Å². The van der Waals surface area contributed by atoms with Crippen LogP contribution < -0.4 is 21.3 Å². The number of carbonyl (C=O) groups excluding carboxylic acids is 3. The van der Waals surface area contributed by atoms with Crippen molar-refractivity contribution in [2.45, 2.75) is 39.7 Å². The Morgan fingerprint density at radius 3 is 2.46 bits per heavy atom. The van der Waals surface area contributed by atoms with Crippen LogP contribution >= 0.6 is 0 Å². The highest BCUT2D eigenvalue weighted by molar-refractivity contribution is 5.96. The van der Waals surface area contributed by atoms with Crippen molar-refractivity contribution in [3.63, 3.8) is 0 Å². The molecule has 0 radical (unpaired) electrons. The summed E-state index contributed by atoms with van der Waals surface area (Å²) in [4.78, 5) is 55.4. The number of aryl methyl sites for hydroxylation is 1. The molecule has 2 aromatic heterocycles. The number of carbonyl (C=O) groups is 3. The van der Waals surface area contributed by atoms with Crippen molar-refractivity contribution >= 4 is 35.0 Å². The molecule has 0 fully saturated rings. The Labute approximate surface area is 230 Å². The molecule has 0 aliphatic heterocycles. The fourth-order valence-corrected chi connectivity index (χ4v) is 3.48. The van der Waals surface area contributed by atoms with Gasteiger partial charge in [-0.05, 0) is 46.5 Å². The van der Waals surface area contributed by atoms with Crippen molar-refractivity contribution in [3.8, 4) is 0 Å². The third-order valence-corrected chi connectivity index (χ3v) is 5.89. The first-order chi connectivity index (χ1) is 18.4. The first-order valence-corrected chi connectivity index (χ1v) is 12.9. The molecule has 2 heterocycles. The Morgan fingerprint density at radius 1 is 1.13 bits per heavy atom. The normalized spacial score (nSPS) is 11.2. The fourth-order valence-electron chi connectivity index (χ4n) is 3.48. The van der Waals surface area contributed by atoms with E-state index in [-0.39, 0.29) is 35.9 Å². The van der Waals surface area contributed by atoms with E-state index in [2.05, 4.69) is 20.6 Å². The molecule has 0 aromatic carbocycles. The van der Waals surface area contributed by atoms with Crippen LogP contribution in [0.2, 0.25) is 0 Å². The molecule has 12 heteroatoms. The van der Waals surface area contributed by atoms with E-state index < -0.39 is 5.91 Å². The van der Waals surface area contributed by atoms with Crippen LogP contribution in [0.1, 0.15) is 42.6 Å². The molecule has 2 rings (SSSR count). The van der Waals surface area contributed by atoms with Crippen LogP contribution in [0.3, 0.4) is 0 Å². The smallest absolute Gasteiger partial charge is 0.271 e. The summed E-state index contributed by atoms with van der Waals surface area (Å²) in [5, 5.41) is 5.97. The first-order valence-electron chi connectivity index (χ1n) is 12.9. The van der Waals surface area contributed by atoms with Crippen molar-refractivity contribution in [2.24, 2.45) is 5.73 Å². The lowest BCUT2D eigenvalue weighted by molar-refractivity contribution is -0.131. The average molecular weight is 540 g/mol. The predicted molar refractivity (Wildman–Crippen MR) is 153 cm³/mol. The number of amides is 3. The van der Waals surface area contributed by atoms with Crippen LogP contribution in [-0.2, 0) is 22.4 Å². The lowest BCUT2D eigenvalue weighted by Gasteiger charge is -2.25. The molecule has 39 heavy (non-hydrogen) atoms. The lowest BCUT2D eigenvalue weighted by Crippen LogP contribution is -2.38. The van der Waals surface area contributed by atoms with E-state index in [1.165, 1.54) is 11.0 Å². The molecule has 0 atom stereocenters. The van der Waals surface area contributed by atoms with E-state index in [1.807, 2.05) is 57.8 Å². The predicted octanol–water partition coefficient (Wildman–Crippen LogP) is 1.36.